The zero-order chi connectivity index (χ0) is 24.8. The van der Waals surface area contributed by atoms with Gasteiger partial charge in [-0.1, -0.05) is 11.6 Å². The molecule has 4 rings (SSSR count). The van der Waals surface area contributed by atoms with E-state index in [9.17, 15) is 13.2 Å². The van der Waals surface area contributed by atoms with Gasteiger partial charge in [0.25, 0.3) is 0 Å². The molecular formula is C23H24ClN5O4S. The molecule has 0 fully saturated rings. The molecule has 3 heterocycles. The molecule has 0 aliphatic rings. The molecule has 0 aliphatic heterocycles. The number of hydrogen-bond donors (Lipinski definition) is 1. The lowest BCUT2D eigenvalue weighted by atomic mass is 10.2. The van der Waals surface area contributed by atoms with E-state index in [0.717, 1.165) is 17.2 Å². The molecule has 0 unspecified atom stereocenters. The van der Waals surface area contributed by atoms with E-state index in [-0.39, 0.29) is 9.92 Å². The van der Waals surface area contributed by atoms with Crippen LogP contribution in [-0.2, 0) is 21.6 Å². The van der Waals surface area contributed by atoms with E-state index in [4.69, 9.17) is 16.3 Å². The highest BCUT2D eigenvalue weighted by molar-refractivity contribution is 7.90. The summed E-state index contributed by atoms with van der Waals surface area (Å²) in [5.41, 5.74) is 1.73. The maximum absolute atomic E-state index is 13.2. The number of carbonyl (C=O) groups excluding carboxylic acids is 1. The Bertz CT molecular complexity index is 1520. The first-order chi connectivity index (χ1) is 15.8. The fraction of sp³-hybridized carbons (Fsp3) is 0.261. The number of aryl methyl sites for hydroxylation is 1. The van der Waals surface area contributed by atoms with Gasteiger partial charge in [-0.15, -0.1) is 0 Å². The van der Waals surface area contributed by atoms with Crippen LogP contribution >= 0.6 is 11.6 Å². The maximum atomic E-state index is 13.2. The zero-order valence-corrected chi connectivity index (χ0v) is 20.9. The summed E-state index contributed by atoms with van der Waals surface area (Å²) in [6.45, 7) is 5.41. The van der Waals surface area contributed by atoms with Gasteiger partial charge in [-0.2, -0.15) is 5.10 Å². The summed E-state index contributed by atoms with van der Waals surface area (Å²) in [6, 6.07) is 7.97. The van der Waals surface area contributed by atoms with Crippen LogP contribution in [0, 0.1) is 0 Å². The lowest BCUT2D eigenvalue weighted by Gasteiger charge is -2.21. The monoisotopic (exact) mass is 501 g/mol. The molecule has 3 aromatic heterocycles. The third-order valence-corrected chi connectivity index (χ3v) is 6.32. The molecule has 1 N–H and O–H groups in total. The Kier molecular flexibility index (Phi) is 5.91. The fourth-order valence-corrected chi connectivity index (χ4v) is 4.35. The van der Waals surface area contributed by atoms with Crippen molar-refractivity contribution in [2.24, 2.45) is 7.05 Å². The summed E-state index contributed by atoms with van der Waals surface area (Å²) in [5.74, 6) is 0.419. The van der Waals surface area contributed by atoms with Crippen LogP contribution < -0.4 is 5.32 Å². The van der Waals surface area contributed by atoms with Crippen molar-refractivity contribution in [3.05, 3.63) is 53.9 Å². The van der Waals surface area contributed by atoms with Crippen molar-refractivity contribution < 1.29 is 17.9 Å². The smallest absolute Gasteiger partial charge is 0.419 e. The Balaban J connectivity index is 1.80. The number of halogens is 1. The summed E-state index contributed by atoms with van der Waals surface area (Å²) in [7, 11) is -1.59. The van der Waals surface area contributed by atoms with Crippen LogP contribution in [0.1, 0.15) is 20.8 Å². The SMILES string of the molecule is Cn1cc(-c2cc3cnc(Nc4ccc(S(C)(=O)=O)cc4Cl)cc3n2C(=O)OC(C)(C)C)cn1. The van der Waals surface area contributed by atoms with E-state index in [2.05, 4.69) is 15.4 Å². The average molecular weight is 502 g/mol. The van der Waals surface area contributed by atoms with Gasteiger partial charge in [-0.3, -0.25) is 4.68 Å². The molecule has 34 heavy (non-hydrogen) atoms. The van der Waals surface area contributed by atoms with E-state index < -0.39 is 21.5 Å². The molecule has 1 aromatic carbocycles. The topological polar surface area (TPSA) is 108 Å². The molecule has 178 valence electrons. The van der Waals surface area contributed by atoms with Gasteiger partial charge in [0.2, 0.25) is 0 Å². The molecular weight excluding hydrogens is 478 g/mol. The Hall–Kier alpha value is -3.37. The molecule has 4 aromatic rings. The largest absolute Gasteiger partial charge is 0.443 e. The van der Waals surface area contributed by atoms with Gasteiger partial charge < -0.3 is 10.1 Å². The van der Waals surface area contributed by atoms with Gasteiger partial charge in [0.1, 0.15) is 11.4 Å². The first-order valence-corrected chi connectivity index (χ1v) is 12.6. The van der Waals surface area contributed by atoms with Crippen LogP contribution in [0.15, 0.2) is 53.8 Å². The lowest BCUT2D eigenvalue weighted by molar-refractivity contribution is 0.0547. The number of carbonyl (C=O) groups is 1. The van der Waals surface area contributed by atoms with Crippen molar-refractivity contribution in [2.75, 3.05) is 11.6 Å². The van der Waals surface area contributed by atoms with Gasteiger partial charge in [0.15, 0.2) is 9.84 Å². The minimum atomic E-state index is -3.39. The number of rotatable bonds is 4. The second-order valence-corrected chi connectivity index (χ2v) is 11.3. The number of aromatic nitrogens is 4. The average Bonchev–Trinajstić information content (AvgIpc) is 3.30. The molecule has 0 aliphatic carbocycles. The Morgan fingerprint density at radius 2 is 1.88 bits per heavy atom. The van der Waals surface area contributed by atoms with Crippen LogP contribution in [0.25, 0.3) is 22.2 Å². The van der Waals surface area contributed by atoms with Gasteiger partial charge >= 0.3 is 6.09 Å². The number of nitrogens with zero attached hydrogens (tertiary/aromatic N) is 4. The minimum absolute atomic E-state index is 0.117. The number of anilines is 2. The van der Waals surface area contributed by atoms with Crippen molar-refractivity contribution in [3.8, 4) is 11.3 Å². The van der Waals surface area contributed by atoms with E-state index >= 15 is 0 Å². The lowest BCUT2D eigenvalue weighted by Crippen LogP contribution is -2.27. The highest BCUT2D eigenvalue weighted by Gasteiger charge is 2.24. The molecule has 9 nitrogen and oxygen atoms in total. The summed E-state index contributed by atoms with van der Waals surface area (Å²) < 4.78 is 32.4. The second kappa shape index (κ2) is 8.44. The van der Waals surface area contributed by atoms with Crippen molar-refractivity contribution in [1.82, 2.24) is 19.3 Å². The number of nitrogens with one attached hydrogen (secondary N) is 1. The molecule has 11 heteroatoms. The molecule has 0 bridgehead atoms. The standard InChI is InChI=1S/C23H24ClN5O4S/c1-23(2,3)33-22(30)29-19(15-12-26-28(4)13-15)8-14-11-25-21(10-20(14)29)27-18-7-6-16(9-17(18)24)34(5,31)32/h6-13H,1-5H3,(H,25,27). The Morgan fingerprint density at radius 3 is 2.47 bits per heavy atom. The number of benzene rings is 1. The Morgan fingerprint density at radius 1 is 1.15 bits per heavy atom. The number of hydrogen-bond acceptors (Lipinski definition) is 7. The molecule has 0 radical (unpaired) electrons. The van der Waals surface area contributed by atoms with Crippen molar-refractivity contribution in [3.63, 3.8) is 0 Å². The van der Waals surface area contributed by atoms with Crippen LogP contribution in [0.3, 0.4) is 0 Å². The molecule has 0 saturated carbocycles. The highest BCUT2D eigenvalue weighted by Crippen LogP contribution is 2.32. The van der Waals surface area contributed by atoms with E-state index in [0.29, 0.717) is 22.7 Å². The number of ether oxygens (including phenoxy) is 1. The first-order valence-electron chi connectivity index (χ1n) is 10.3. The summed E-state index contributed by atoms with van der Waals surface area (Å²) >= 11 is 6.30. The number of fused-ring (bicyclic) bond motifs is 1. The number of pyridine rings is 1. The summed E-state index contributed by atoms with van der Waals surface area (Å²) in [4.78, 5) is 17.7. The van der Waals surface area contributed by atoms with Crippen molar-refractivity contribution in [1.29, 1.82) is 0 Å². The number of sulfone groups is 1. The first kappa shape index (κ1) is 23.8. The maximum Gasteiger partial charge on any atom is 0.419 e. The normalized spacial score (nSPS) is 12.2. The molecule has 0 spiro atoms. The van der Waals surface area contributed by atoms with Gasteiger partial charge in [0.05, 0.1) is 33.0 Å². The third-order valence-electron chi connectivity index (χ3n) is 4.89. The predicted octanol–water partition coefficient (Wildman–Crippen LogP) is 5.02. The molecule has 0 saturated heterocycles. The van der Waals surface area contributed by atoms with Gasteiger partial charge in [-0.05, 0) is 45.0 Å². The highest BCUT2D eigenvalue weighted by atomic mass is 35.5. The summed E-state index contributed by atoms with van der Waals surface area (Å²) in [6.07, 6.45) is 5.70. The van der Waals surface area contributed by atoms with E-state index in [1.54, 1.807) is 57.0 Å². The van der Waals surface area contributed by atoms with Crippen LogP contribution in [0.4, 0.5) is 16.3 Å². The molecule has 0 amide bonds. The predicted molar refractivity (Wildman–Crippen MR) is 131 cm³/mol. The van der Waals surface area contributed by atoms with Crippen molar-refractivity contribution >= 4 is 49.9 Å². The van der Waals surface area contributed by atoms with Gasteiger partial charge in [0, 0.05) is 42.7 Å². The Labute approximate surface area is 202 Å². The van der Waals surface area contributed by atoms with Crippen LogP contribution in [0.2, 0.25) is 5.02 Å². The minimum Gasteiger partial charge on any atom is -0.443 e. The molecule has 0 atom stereocenters. The fourth-order valence-electron chi connectivity index (χ4n) is 3.41. The summed E-state index contributed by atoms with van der Waals surface area (Å²) in [5, 5.41) is 8.26. The van der Waals surface area contributed by atoms with Crippen LogP contribution in [-0.4, -0.2) is 45.7 Å². The second-order valence-electron chi connectivity index (χ2n) is 8.92. The van der Waals surface area contributed by atoms with Gasteiger partial charge in [-0.25, -0.2) is 22.8 Å². The van der Waals surface area contributed by atoms with E-state index in [1.807, 2.05) is 12.3 Å². The zero-order valence-electron chi connectivity index (χ0n) is 19.3. The quantitative estimate of drug-likeness (QED) is 0.418. The van der Waals surface area contributed by atoms with E-state index in [1.165, 1.54) is 16.7 Å². The van der Waals surface area contributed by atoms with Crippen LogP contribution in [0.5, 0.6) is 0 Å². The van der Waals surface area contributed by atoms with Crippen molar-refractivity contribution in [2.45, 2.75) is 31.3 Å². The third kappa shape index (κ3) is 4.92.